The van der Waals surface area contributed by atoms with Gasteiger partial charge in [-0.2, -0.15) is 4.31 Å². The number of rotatable bonds is 9. The van der Waals surface area contributed by atoms with E-state index in [2.05, 4.69) is 5.32 Å². The molecule has 1 N–H and O–H groups in total. The molecular formula is C25H27N3O5S2. The highest BCUT2D eigenvalue weighted by molar-refractivity contribution is 8.00. The molecule has 0 unspecified atom stereocenters. The summed E-state index contributed by atoms with van der Waals surface area (Å²) < 4.78 is 32.0. The van der Waals surface area contributed by atoms with Crippen molar-refractivity contribution < 1.29 is 22.4 Å². The minimum atomic E-state index is -3.55. The van der Waals surface area contributed by atoms with Crippen LogP contribution in [-0.2, 0) is 21.4 Å². The molecule has 1 fully saturated rings. The van der Waals surface area contributed by atoms with Crippen molar-refractivity contribution in [1.82, 2.24) is 9.21 Å². The third-order valence-corrected chi connectivity index (χ3v) is 9.11. The number of anilines is 1. The Bertz CT molecular complexity index is 1270. The third-order valence-electron chi connectivity index (χ3n) is 5.79. The van der Waals surface area contributed by atoms with Crippen molar-refractivity contribution in [2.45, 2.75) is 30.7 Å². The lowest BCUT2D eigenvalue weighted by atomic mass is 10.1. The van der Waals surface area contributed by atoms with E-state index >= 15 is 0 Å². The molecule has 35 heavy (non-hydrogen) atoms. The Morgan fingerprint density at radius 2 is 1.77 bits per heavy atom. The lowest BCUT2D eigenvalue weighted by Gasteiger charge is -2.23. The van der Waals surface area contributed by atoms with E-state index in [-0.39, 0.29) is 22.1 Å². The average Bonchev–Trinajstić information content (AvgIpc) is 3.50. The number of nitrogens with one attached hydrogen (secondary N) is 1. The van der Waals surface area contributed by atoms with Crippen LogP contribution in [0.25, 0.3) is 0 Å². The quantitative estimate of drug-likeness (QED) is 0.457. The molecule has 0 aliphatic carbocycles. The van der Waals surface area contributed by atoms with Crippen LogP contribution in [0.5, 0.6) is 0 Å². The van der Waals surface area contributed by atoms with Crippen LogP contribution < -0.4 is 5.32 Å². The number of amides is 2. The number of hydrogen-bond donors (Lipinski definition) is 1. The summed E-state index contributed by atoms with van der Waals surface area (Å²) in [5, 5.41) is 2.65. The number of carbonyl (C=O) groups is 2. The van der Waals surface area contributed by atoms with Crippen molar-refractivity contribution in [3.8, 4) is 0 Å². The maximum Gasteiger partial charge on any atom is 0.255 e. The summed E-state index contributed by atoms with van der Waals surface area (Å²) in [4.78, 5) is 27.1. The summed E-state index contributed by atoms with van der Waals surface area (Å²) in [5.41, 5.74) is 1.88. The molecule has 1 atom stereocenters. The van der Waals surface area contributed by atoms with E-state index in [1.807, 2.05) is 18.2 Å². The summed E-state index contributed by atoms with van der Waals surface area (Å²) in [6.45, 7) is 4.76. The summed E-state index contributed by atoms with van der Waals surface area (Å²) in [5.74, 6) is 0.856. The fraction of sp³-hybridized carbons (Fsp3) is 0.280. The summed E-state index contributed by atoms with van der Waals surface area (Å²) >= 11 is 1.54. The summed E-state index contributed by atoms with van der Waals surface area (Å²) in [6, 6.07) is 16.9. The Morgan fingerprint density at radius 1 is 1.09 bits per heavy atom. The standard InChI is InChI=1S/C25H27N3O5S2/c1-3-27(4-2)35(31,32)22-13-11-20(12-14-22)26-24(30)18-7-9-19(10-8-18)25-28(23(29)17-34-25)16-21-6-5-15-33-21/h5-15,25H,3-4,16-17H2,1-2H3,(H,26,30)/t25-/m0/s1. The van der Waals surface area contributed by atoms with Crippen molar-refractivity contribution in [3.05, 3.63) is 83.8 Å². The van der Waals surface area contributed by atoms with Crippen LogP contribution in [0.4, 0.5) is 5.69 Å². The lowest BCUT2D eigenvalue weighted by Crippen LogP contribution is -2.30. The molecule has 0 spiro atoms. The molecule has 4 rings (SSSR count). The molecule has 0 radical (unpaired) electrons. The highest BCUT2D eigenvalue weighted by atomic mass is 32.2. The molecule has 10 heteroatoms. The molecule has 1 aromatic heterocycles. The van der Waals surface area contributed by atoms with Crippen LogP contribution in [0.15, 0.2) is 76.2 Å². The smallest absolute Gasteiger partial charge is 0.255 e. The molecule has 3 aromatic rings. The monoisotopic (exact) mass is 513 g/mol. The van der Waals surface area contributed by atoms with E-state index in [9.17, 15) is 18.0 Å². The second-order valence-corrected chi connectivity index (χ2v) is 11.0. The van der Waals surface area contributed by atoms with Gasteiger partial charge in [-0.05, 0) is 54.1 Å². The van der Waals surface area contributed by atoms with Gasteiger partial charge in [0.15, 0.2) is 0 Å². The predicted octanol–water partition coefficient (Wildman–Crippen LogP) is 4.34. The van der Waals surface area contributed by atoms with Gasteiger partial charge in [-0.25, -0.2) is 8.42 Å². The van der Waals surface area contributed by atoms with E-state index < -0.39 is 10.0 Å². The fourth-order valence-electron chi connectivity index (χ4n) is 3.90. The number of hydrogen-bond acceptors (Lipinski definition) is 6. The minimum absolute atomic E-state index is 0.0460. The van der Waals surface area contributed by atoms with Gasteiger partial charge < -0.3 is 14.6 Å². The highest BCUT2D eigenvalue weighted by Crippen LogP contribution is 2.39. The third kappa shape index (κ3) is 5.44. The second-order valence-electron chi connectivity index (χ2n) is 7.95. The Morgan fingerprint density at radius 3 is 2.37 bits per heavy atom. The Labute approximate surface area is 209 Å². The first kappa shape index (κ1) is 25.0. The maximum absolute atomic E-state index is 12.7. The first-order valence-corrected chi connectivity index (χ1v) is 13.8. The van der Waals surface area contributed by atoms with Crippen LogP contribution in [-0.4, -0.2) is 48.3 Å². The summed E-state index contributed by atoms with van der Waals surface area (Å²) in [6.07, 6.45) is 1.59. The zero-order valence-electron chi connectivity index (χ0n) is 19.5. The van der Waals surface area contributed by atoms with E-state index in [1.165, 1.54) is 16.4 Å². The Hall–Kier alpha value is -3.08. The van der Waals surface area contributed by atoms with Gasteiger partial charge in [-0.1, -0.05) is 26.0 Å². The molecule has 184 valence electrons. The van der Waals surface area contributed by atoms with E-state index in [0.717, 1.165) is 11.3 Å². The van der Waals surface area contributed by atoms with E-state index in [4.69, 9.17) is 4.42 Å². The van der Waals surface area contributed by atoms with Crippen LogP contribution in [0.3, 0.4) is 0 Å². The molecule has 2 aromatic carbocycles. The maximum atomic E-state index is 12.7. The largest absolute Gasteiger partial charge is 0.467 e. The first-order chi connectivity index (χ1) is 16.8. The zero-order valence-corrected chi connectivity index (χ0v) is 21.1. The normalized spacial score (nSPS) is 16.1. The van der Waals surface area contributed by atoms with Crippen molar-refractivity contribution in [3.63, 3.8) is 0 Å². The topological polar surface area (TPSA) is 99.9 Å². The fourth-order valence-corrected chi connectivity index (χ4v) is 6.54. The summed E-state index contributed by atoms with van der Waals surface area (Å²) in [7, 11) is -3.55. The van der Waals surface area contributed by atoms with Gasteiger partial charge in [0.2, 0.25) is 15.9 Å². The second kappa shape index (κ2) is 10.7. The van der Waals surface area contributed by atoms with Gasteiger partial charge in [0.25, 0.3) is 5.91 Å². The molecule has 8 nitrogen and oxygen atoms in total. The van der Waals surface area contributed by atoms with Gasteiger partial charge >= 0.3 is 0 Å². The van der Waals surface area contributed by atoms with Gasteiger partial charge in [-0.15, -0.1) is 11.8 Å². The molecule has 0 bridgehead atoms. The van der Waals surface area contributed by atoms with Crippen LogP contribution >= 0.6 is 11.8 Å². The van der Waals surface area contributed by atoms with Gasteiger partial charge in [0.1, 0.15) is 11.1 Å². The molecule has 2 heterocycles. The molecular weight excluding hydrogens is 486 g/mol. The van der Waals surface area contributed by atoms with E-state index in [0.29, 0.717) is 36.6 Å². The average molecular weight is 514 g/mol. The molecule has 1 aliphatic rings. The number of thioether (sulfide) groups is 1. The number of benzene rings is 2. The molecule has 1 saturated heterocycles. The van der Waals surface area contributed by atoms with Gasteiger partial charge in [0, 0.05) is 24.3 Å². The lowest BCUT2D eigenvalue weighted by molar-refractivity contribution is -0.128. The number of nitrogens with zero attached hydrogens (tertiary/aromatic N) is 2. The Balaban J connectivity index is 1.42. The Kier molecular flexibility index (Phi) is 7.63. The number of carbonyl (C=O) groups excluding carboxylic acids is 2. The van der Waals surface area contributed by atoms with Crippen molar-refractivity contribution in [1.29, 1.82) is 0 Å². The van der Waals surface area contributed by atoms with Crippen LogP contribution in [0, 0.1) is 0 Å². The zero-order chi connectivity index (χ0) is 25.0. The van der Waals surface area contributed by atoms with Crippen molar-refractivity contribution in [2.75, 3.05) is 24.2 Å². The highest BCUT2D eigenvalue weighted by Gasteiger charge is 2.33. The molecule has 0 saturated carbocycles. The molecule has 1 aliphatic heterocycles. The number of sulfonamides is 1. The van der Waals surface area contributed by atoms with Gasteiger partial charge in [-0.3, -0.25) is 9.59 Å². The molecule has 2 amide bonds. The predicted molar refractivity (Wildman–Crippen MR) is 135 cm³/mol. The van der Waals surface area contributed by atoms with Crippen molar-refractivity contribution >= 4 is 39.3 Å². The SMILES string of the molecule is CCN(CC)S(=O)(=O)c1ccc(NC(=O)c2ccc([C@@H]3SCC(=O)N3Cc3ccco3)cc2)cc1. The first-order valence-electron chi connectivity index (χ1n) is 11.3. The minimum Gasteiger partial charge on any atom is -0.467 e. The van der Waals surface area contributed by atoms with Gasteiger partial charge in [0.05, 0.1) is 23.5 Å². The number of furan rings is 1. The van der Waals surface area contributed by atoms with E-state index in [1.54, 1.807) is 67.1 Å². The van der Waals surface area contributed by atoms with Crippen LogP contribution in [0.1, 0.15) is 40.9 Å². The van der Waals surface area contributed by atoms with Crippen LogP contribution in [0.2, 0.25) is 0 Å². The van der Waals surface area contributed by atoms with Crippen molar-refractivity contribution in [2.24, 2.45) is 0 Å².